The van der Waals surface area contributed by atoms with Crippen LogP contribution in [-0.4, -0.2) is 17.0 Å². The van der Waals surface area contributed by atoms with Crippen molar-refractivity contribution in [2.45, 2.75) is 23.4 Å². The average molecular weight is 390 g/mol. The van der Waals surface area contributed by atoms with Crippen LogP contribution in [0, 0.1) is 0 Å². The van der Waals surface area contributed by atoms with Crippen molar-refractivity contribution < 1.29 is 22.7 Å². The predicted molar refractivity (Wildman–Crippen MR) is 68.5 cm³/mol. The fourth-order valence-corrected chi connectivity index (χ4v) is 1.89. The lowest BCUT2D eigenvalue weighted by Crippen LogP contribution is -2.18. The summed E-state index contributed by atoms with van der Waals surface area (Å²) in [5, 5.41) is 0.332. The van der Waals surface area contributed by atoms with Gasteiger partial charge in [0.1, 0.15) is 5.75 Å². The van der Waals surface area contributed by atoms with Crippen molar-refractivity contribution in [1.82, 2.24) is 0 Å². The number of benzene rings is 1. The van der Waals surface area contributed by atoms with E-state index in [1.807, 2.05) is 0 Å². The molecule has 100 valence electrons. The zero-order valence-electron chi connectivity index (χ0n) is 9.22. The highest BCUT2D eigenvalue weighted by Gasteiger charge is 2.31. The van der Waals surface area contributed by atoms with E-state index in [4.69, 9.17) is 0 Å². The minimum absolute atomic E-state index is 0.176. The van der Waals surface area contributed by atoms with Gasteiger partial charge >= 0.3 is 6.36 Å². The molecule has 0 aromatic heterocycles. The summed E-state index contributed by atoms with van der Waals surface area (Å²) in [7, 11) is 0. The van der Waals surface area contributed by atoms with E-state index >= 15 is 0 Å². The summed E-state index contributed by atoms with van der Waals surface area (Å²) in [5.41, 5.74) is 0.712. The molecule has 0 spiro atoms. The first-order valence-corrected chi connectivity index (χ1v) is 6.90. The summed E-state index contributed by atoms with van der Waals surface area (Å²) in [5.74, 6) is -0.694. The molecule has 0 N–H and O–H groups in total. The highest BCUT2D eigenvalue weighted by atomic mass is 79.9. The van der Waals surface area contributed by atoms with Crippen LogP contribution in [-0.2, 0) is 5.33 Å². The molecule has 0 aliphatic heterocycles. The van der Waals surface area contributed by atoms with Crippen molar-refractivity contribution in [2.24, 2.45) is 0 Å². The Kier molecular flexibility index (Phi) is 5.21. The highest BCUT2D eigenvalue weighted by molar-refractivity contribution is 9.10. The van der Waals surface area contributed by atoms with Gasteiger partial charge in [0, 0.05) is 10.9 Å². The van der Waals surface area contributed by atoms with Gasteiger partial charge in [-0.2, -0.15) is 0 Å². The van der Waals surface area contributed by atoms with E-state index in [9.17, 15) is 18.0 Å². The smallest absolute Gasteiger partial charge is 0.406 e. The molecule has 1 atom stereocenters. The molecule has 1 aromatic carbocycles. The quantitative estimate of drug-likeness (QED) is 0.561. The van der Waals surface area contributed by atoms with Gasteiger partial charge < -0.3 is 4.74 Å². The highest BCUT2D eigenvalue weighted by Crippen LogP contribution is 2.27. The third-order valence-electron chi connectivity index (χ3n) is 2.00. The third-order valence-corrected chi connectivity index (χ3v) is 3.06. The fraction of sp³-hybridized carbons (Fsp3) is 0.364. The summed E-state index contributed by atoms with van der Waals surface area (Å²) in [6.45, 7) is 1.60. The number of carbonyl (C=O) groups is 1. The Morgan fingerprint density at radius 3 is 2.44 bits per heavy atom. The van der Waals surface area contributed by atoms with Gasteiger partial charge in [-0.15, -0.1) is 13.2 Å². The van der Waals surface area contributed by atoms with E-state index in [2.05, 4.69) is 36.6 Å². The maximum atomic E-state index is 12.1. The zero-order valence-corrected chi connectivity index (χ0v) is 12.4. The van der Waals surface area contributed by atoms with Crippen LogP contribution in [0.25, 0.3) is 0 Å². The van der Waals surface area contributed by atoms with E-state index in [0.717, 1.165) is 6.07 Å². The second-order valence-corrected chi connectivity index (χ2v) is 5.46. The van der Waals surface area contributed by atoms with Crippen molar-refractivity contribution in [3.8, 4) is 5.75 Å². The Balaban J connectivity index is 3.13. The molecule has 0 amide bonds. The van der Waals surface area contributed by atoms with Crippen LogP contribution in [0.5, 0.6) is 5.75 Å². The zero-order chi connectivity index (χ0) is 13.9. The molecule has 1 unspecified atom stereocenters. The molecule has 0 saturated heterocycles. The summed E-state index contributed by atoms with van der Waals surface area (Å²) < 4.78 is 40.2. The Morgan fingerprint density at radius 1 is 1.39 bits per heavy atom. The van der Waals surface area contributed by atoms with E-state index in [0.29, 0.717) is 10.9 Å². The molecule has 0 radical (unpaired) electrons. The van der Waals surface area contributed by atoms with Crippen LogP contribution >= 0.6 is 31.9 Å². The number of hydrogen-bond acceptors (Lipinski definition) is 2. The standard InChI is InChI=1S/C11H9Br2F3O2/c1-6(13)10(17)8-2-7(5-12)3-9(4-8)18-11(14,15)16/h2-4,6H,5H2,1H3. The molecule has 1 rings (SSSR count). The molecular formula is C11H9Br2F3O2. The number of ketones is 1. The molecule has 0 aliphatic rings. The minimum Gasteiger partial charge on any atom is -0.406 e. The lowest BCUT2D eigenvalue weighted by atomic mass is 10.1. The molecule has 18 heavy (non-hydrogen) atoms. The number of ether oxygens (including phenoxy) is 1. The van der Waals surface area contributed by atoms with Gasteiger partial charge in [-0.3, -0.25) is 4.79 Å². The van der Waals surface area contributed by atoms with Gasteiger partial charge in [0.25, 0.3) is 0 Å². The van der Waals surface area contributed by atoms with Crippen molar-refractivity contribution in [2.75, 3.05) is 0 Å². The second-order valence-electron chi connectivity index (χ2n) is 3.53. The van der Waals surface area contributed by atoms with Crippen LogP contribution in [0.15, 0.2) is 18.2 Å². The van der Waals surface area contributed by atoms with Gasteiger partial charge in [-0.25, -0.2) is 0 Å². The summed E-state index contributed by atoms with van der Waals surface area (Å²) in [6, 6.07) is 3.84. The Labute approximate surface area is 119 Å². The summed E-state index contributed by atoms with van der Waals surface area (Å²) >= 11 is 6.22. The fourth-order valence-electron chi connectivity index (χ4n) is 1.30. The number of rotatable bonds is 4. The van der Waals surface area contributed by atoms with Crippen LogP contribution in [0.3, 0.4) is 0 Å². The molecular weight excluding hydrogens is 381 g/mol. The normalized spacial score (nSPS) is 13.2. The van der Waals surface area contributed by atoms with Crippen molar-refractivity contribution in [3.05, 3.63) is 29.3 Å². The Bertz CT molecular complexity index is 444. The number of alkyl halides is 5. The van der Waals surface area contributed by atoms with Crippen LogP contribution in [0.1, 0.15) is 22.8 Å². The minimum atomic E-state index is -4.77. The molecule has 0 aliphatic carbocycles. The first-order chi connectivity index (χ1) is 8.23. The maximum Gasteiger partial charge on any atom is 0.573 e. The van der Waals surface area contributed by atoms with E-state index in [-0.39, 0.29) is 11.3 Å². The largest absolute Gasteiger partial charge is 0.573 e. The summed E-state index contributed by atoms with van der Waals surface area (Å²) in [4.78, 5) is 11.3. The lowest BCUT2D eigenvalue weighted by Gasteiger charge is -2.12. The summed E-state index contributed by atoms with van der Waals surface area (Å²) in [6.07, 6.45) is -4.77. The van der Waals surface area contributed by atoms with Crippen molar-refractivity contribution in [3.63, 3.8) is 0 Å². The third kappa shape index (κ3) is 4.61. The van der Waals surface area contributed by atoms with Crippen molar-refractivity contribution in [1.29, 1.82) is 0 Å². The maximum absolute atomic E-state index is 12.1. The number of hydrogen-bond donors (Lipinski definition) is 0. The first-order valence-electron chi connectivity index (χ1n) is 4.87. The van der Waals surface area contributed by atoms with E-state index in [1.165, 1.54) is 12.1 Å². The van der Waals surface area contributed by atoms with Crippen LogP contribution in [0.2, 0.25) is 0 Å². The monoisotopic (exact) mass is 388 g/mol. The molecule has 0 bridgehead atoms. The molecule has 2 nitrogen and oxygen atoms in total. The number of Topliss-reactive ketones (excluding diaryl/α,β-unsaturated/α-hetero) is 1. The predicted octanol–water partition coefficient (Wildman–Crippen LogP) is 4.45. The molecule has 0 fully saturated rings. The van der Waals surface area contributed by atoms with E-state index in [1.54, 1.807) is 6.92 Å². The first kappa shape index (κ1) is 15.5. The molecule has 0 heterocycles. The SMILES string of the molecule is CC(Br)C(=O)c1cc(CBr)cc(OC(F)(F)F)c1. The van der Waals surface area contributed by atoms with Gasteiger partial charge in [-0.05, 0) is 30.7 Å². The van der Waals surface area contributed by atoms with Gasteiger partial charge in [0.15, 0.2) is 5.78 Å². The van der Waals surface area contributed by atoms with Gasteiger partial charge in [0.05, 0.1) is 4.83 Å². The molecule has 1 aromatic rings. The molecule has 7 heteroatoms. The Morgan fingerprint density at radius 2 is 2.00 bits per heavy atom. The average Bonchev–Trinajstić information content (AvgIpc) is 2.24. The van der Waals surface area contributed by atoms with Crippen LogP contribution < -0.4 is 4.74 Å². The van der Waals surface area contributed by atoms with Gasteiger partial charge in [-0.1, -0.05) is 31.9 Å². The lowest BCUT2D eigenvalue weighted by molar-refractivity contribution is -0.274. The van der Waals surface area contributed by atoms with Crippen LogP contribution in [0.4, 0.5) is 13.2 Å². The van der Waals surface area contributed by atoms with Gasteiger partial charge in [0.2, 0.25) is 0 Å². The number of halogens is 5. The topological polar surface area (TPSA) is 26.3 Å². The van der Waals surface area contributed by atoms with E-state index < -0.39 is 16.9 Å². The second kappa shape index (κ2) is 6.06. The number of carbonyl (C=O) groups excluding carboxylic acids is 1. The molecule has 0 saturated carbocycles. The Hall–Kier alpha value is -0.560. The van der Waals surface area contributed by atoms with Crippen molar-refractivity contribution >= 4 is 37.6 Å².